The number of anilines is 1. The van der Waals surface area contributed by atoms with Gasteiger partial charge in [-0.3, -0.25) is 4.79 Å². The standard InChI is InChI=1S/C20H17NO3S/c1-13(22)21-19-17(20(23)24)16(12-14-8-4-2-5-9-14)18(25-19)15-10-6-3-7-11-15/h2-11H,12H2,1H3,(H,21,22)(H,23,24). The number of hydrogen-bond donors (Lipinski definition) is 2. The lowest BCUT2D eigenvalue weighted by Crippen LogP contribution is -2.10. The Bertz CT molecular complexity index is 901. The van der Waals surface area contributed by atoms with E-state index in [2.05, 4.69) is 5.32 Å². The molecule has 0 atom stereocenters. The Morgan fingerprint density at radius 2 is 1.60 bits per heavy atom. The van der Waals surface area contributed by atoms with E-state index < -0.39 is 5.97 Å². The van der Waals surface area contributed by atoms with Crippen molar-refractivity contribution in [2.75, 3.05) is 5.32 Å². The second-order valence-corrected chi connectivity index (χ2v) is 6.65. The van der Waals surface area contributed by atoms with Crippen LogP contribution in [0.2, 0.25) is 0 Å². The van der Waals surface area contributed by atoms with Crippen LogP contribution in [0.3, 0.4) is 0 Å². The maximum atomic E-state index is 11.9. The van der Waals surface area contributed by atoms with Crippen LogP contribution in [0.25, 0.3) is 10.4 Å². The number of carbonyl (C=O) groups is 2. The number of thiophene rings is 1. The number of carboxylic acid groups (broad SMARTS) is 1. The van der Waals surface area contributed by atoms with Gasteiger partial charge in [-0.2, -0.15) is 0 Å². The van der Waals surface area contributed by atoms with Crippen LogP contribution in [-0.4, -0.2) is 17.0 Å². The first-order valence-corrected chi connectivity index (χ1v) is 8.64. The first kappa shape index (κ1) is 16.9. The molecule has 0 aliphatic carbocycles. The fourth-order valence-electron chi connectivity index (χ4n) is 2.73. The summed E-state index contributed by atoms with van der Waals surface area (Å²) in [6.45, 7) is 1.38. The number of aromatic carboxylic acids is 1. The van der Waals surface area contributed by atoms with Crippen molar-refractivity contribution in [3.8, 4) is 10.4 Å². The zero-order valence-corrected chi connectivity index (χ0v) is 14.5. The predicted octanol–water partition coefficient (Wildman–Crippen LogP) is 4.66. The second kappa shape index (κ2) is 7.32. The summed E-state index contributed by atoms with van der Waals surface area (Å²) in [5.41, 5.74) is 2.86. The normalized spacial score (nSPS) is 10.4. The van der Waals surface area contributed by atoms with E-state index in [1.54, 1.807) is 0 Å². The molecule has 0 saturated heterocycles. The molecule has 3 aromatic rings. The molecule has 1 heterocycles. The van der Waals surface area contributed by atoms with E-state index in [1.807, 2.05) is 60.7 Å². The van der Waals surface area contributed by atoms with Gasteiger partial charge in [0.15, 0.2) is 0 Å². The van der Waals surface area contributed by atoms with Gasteiger partial charge in [0, 0.05) is 11.8 Å². The number of nitrogens with one attached hydrogen (secondary N) is 1. The van der Waals surface area contributed by atoms with Crippen LogP contribution in [0.5, 0.6) is 0 Å². The van der Waals surface area contributed by atoms with E-state index in [4.69, 9.17) is 0 Å². The van der Waals surface area contributed by atoms with Crippen LogP contribution < -0.4 is 5.32 Å². The number of carbonyl (C=O) groups excluding carboxylic acids is 1. The molecule has 0 unspecified atom stereocenters. The molecule has 2 aromatic carbocycles. The minimum atomic E-state index is -1.03. The fourth-order valence-corrected chi connectivity index (χ4v) is 3.99. The lowest BCUT2D eigenvalue weighted by atomic mass is 9.98. The van der Waals surface area contributed by atoms with Crippen molar-refractivity contribution < 1.29 is 14.7 Å². The van der Waals surface area contributed by atoms with Gasteiger partial charge in [-0.15, -0.1) is 11.3 Å². The molecule has 0 aliphatic heterocycles. The quantitative estimate of drug-likeness (QED) is 0.702. The highest BCUT2D eigenvalue weighted by molar-refractivity contribution is 7.20. The molecule has 0 spiro atoms. The summed E-state index contributed by atoms with van der Waals surface area (Å²) in [6, 6.07) is 19.4. The highest BCUT2D eigenvalue weighted by atomic mass is 32.1. The molecule has 0 fully saturated rings. The minimum Gasteiger partial charge on any atom is -0.478 e. The largest absolute Gasteiger partial charge is 0.478 e. The van der Waals surface area contributed by atoms with Crippen LogP contribution in [0, 0.1) is 0 Å². The van der Waals surface area contributed by atoms with E-state index in [0.29, 0.717) is 11.4 Å². The Hall–Kier alpha value is -2.92. The van der Waals surface area contributed by atoms with Crippen LogP contribution >= 0.6 is 11.3 Å². The van der Waals surface area contributed by atoms with Gasteiger partial charge in [-0.25, -0.2) is 4.79 Å². The van der Waals surface area contributed by atoms with Crippen molar-refractivity contribution in [2.45, 2.75) is 13.3 Å². The molecule has 4 nitrogen and oxygen atoms in total. The van der Waals surface area contributed by atoms with Crippen LogP contribution in [-0.2, 0) is 11.2 Å². The highest BCUT2D eigenvalue weighted by Gasteiger charge is 2.24. The van der Waals surface area contributed by atoms with Gasteiger partial charge in [0.25, 0.3) is 0 Å². The zero-order chi connectivity index (χ0) is 17.8. The number of rotatable bonds is 5. The number of carboxylic acids is 1. The number of hydrogen-bond acceptors (Lipinski definition) is 3. The Labute approximate surface area is 149 Å². The molecule has 1 amide bonds. The van der Waals surface area contributed by atoms with Gasteiger partial charge in [0.05, 0.1) is 5.56 Å². The summed E-state index contributed by atoms with van der Waals surface area (Å²) in [7, 11) is 0. The fraction of sp³-hybridized carbons (Fsp3) is 0.100. The third-order valence-corrected chi connectivity index (χ3v) is 4.97. The molecule has 25 heavy (non-hydrogen) atoms. The van der Waals surface area contributed by atoms with E-state index in [0.717, 1.165) is 21.6 Å². The second-order valence-electron chi connectivity index (χ2n) is 5.63. The number of benzene rings is 2. The first-order chi connectivity index (χ1) is 12.1. The molecule has 0 radical (unpaired) electrons. The Morgan fingerprint density at radius 3 is 2.16 bits per heavy atom. The molecular weight excluding hydrogens is 334 g/mol. The van der Waals surface area contributed by atoms with E-state index in [1.165, 1.54) is 18.3 Å². The van der Waals surface area contributed by atoms with Crippen molar-refractivity contribution in [2.24, 2.45) is 0 Å². The molecule has 5 heteroatoms. The van der Waals surface area contributed by atoms with Gasteiger partial charge in [-0.1, -0.05) is 60.7 Å². The van der Waals surface area contributed by atoms with Crippen molar-refractivity contribution >= 4 is 28.2 Å². The lowest BCUT2D eigenvalue weighted by Gasteiger charge is -2.07. The van der Waals surface area contributed by atoms with Crippen molar-refractivity contribution in [1.82, 2.24) is 0 Å². The van der Waals surface area contributed by atoms with E-state index >= 15 is 0 Å². The maximum absolute atomic E-state index is 11.9. The smallest absolute Gasteiger partial charge is 0.339 e. The summed E-state index contributed by atoms with van der Waals surface area (Å²) in [6.07, 6.45) is 0.489. The molecule has 1 aromatic heterocycles. The third-order valence-electron chi connectivity index (χ3n) is 3.77. The van der Waals surface area contributed by atoms with Gasteiger partial charge in [0.1, 0.15) is 5.00 Å². The average molecular weight is 351 g/mol. The van der Waals surface area contributed by atoms with Gasteiger partial charge in [0.2, 0.25) is 5.91 Å². The number of amides is 1. The van der Waals surface area contributed by atoms with Crippen LogP contribution in [0.15, 0.2) is 60.7 Å². The average Bonchev–Trinajstić information content (AvgIpc) is 2.94. The van der Waals surface area contributed by atoms with Crippen molar-refractivity contribution in [1.29, 1.82) is 0 Å². The van der Waals surface area contributed by atoms with E-state index in [-0.39, 0.29) is 11.5 Å². The molecule has 0 bridgehead atoms. The molecule has 0 aliphatic rings. The SMILES string of the molecule is CC(=O)Nc1sc(-c2ccccc2)c(Cc2ccccc2)c1C(=O)O. The van der Waals surface area contributed by atoms with E-state index in [9.17, 15) is 14.7 Å². The monoisotopic (exact) mass is 351 g/mol. The molecule has 126 valence electrons. The summed E-state index contributed by atoms with van der Waals surface area (Å²) in [5, 5.41) is 12.8. The molecule has 2 N–H and O–H groups in total. The highest BCUT2D eigenvalue weighted by Crippen LogP contribution is 2.41. The topological polar surface area (TPSA) is 66.4 Å². The third kappa shape index (κ3) is 3.78. The summed E-state index contributed by atoms with van der Waals surface area (Å²) < 4.78 is 0. The molecule has 3 rings (SSSR count). The zero-order valence-electron chi connectivity index (χ0n) is 13.7. The summed E-state index contributed by atoms with van der Waals surface area (Å²) in [4.78, 5) is 24.3. The Kier molecular flexibility index (Phi) is 4.95. The Balaban J connectivity index is 2.18. The molecule has 0 saturated carbocycles. The molecular formula is C20H17NO3S. The van der Waals surface area contributed by atoms with Crippen molar-refractivity contribution in [3.63, 3.8) is 0 Å². The van der Waals surface area contributed by atoms with Gasteiger partial charge < -0.3 is 10.4 Å². The maximum Gasteiger partial charge on any atom is 0.339 e. The van der Waals surface area contributed by atoms with Crippen molar-refractivity contribution in [3.05, 3.63) is 77.4 Å². The summed E-state index contributed by atoms with van der Waals surface area (Å²) >= 11 is 1.30. The van der Waals surface area contributed by atoms with Gasteiger partial charge in [-0.05, 0) is 23.1 Å². The van der Waals surface area contributed by atoms with Crippen LogP contribution in [0.4, 0.5) is 5.00 Å². The van der Waals surface area contributed by atoms with Crippen LogP contribution in [0.1, 0.15) is 28.4 Å². The predicted molar refractivity (Wildman–Crippen MR) is 100 cm³/mol. The minimum absolute atomic E-state index is 0.169. The lowest BCUT2D eigenvalue weighted by molar-refractivity contribution is -0.114. The first-order valence-electron chi connectivity index (χ1n) is 7.82. The Morgan fingerprint density at radius 1 is 1.00 bits per heavy atom. The summed E-state index contributed by atoms with van der Waals surface area (Å²) in [5.74, 6) is -1.32. The van der Waals surface area contributed by atoms with Gasteiger partial charge >= 0.3 is 5.97 Å².